The summed E-state index contributed by atoms with van der Waals surface area (Å²) in [4.78, 5) is 0. The predicted octanol–water partition coefficient (Wildman–Crippen LogP) is 9.94. The Kier molecular flexibility index (Phi) is 18.2. The number of phenolic OH excluding ortho intramolecular Hbond substituents is 52. The van der Waals surface area contributed by atoms with Crippen LogP contribution in [0.4, 0.5) is 0 Å². The third-order valence-electron chi connectivity index (χ3n) is 24.3. The zero-order valence-corrected chi connectivity index (χ0v) is 68.2. The first-order chi connectivity index (χ1) is 66.3. The van der Waals surface area contributed by atoms with E-state index in [1.165, 1.54) is 0 Å². The lowest BCUT2D eigenvalue weighted by Crippen LogP contribution is -1.97. The van der Waals surface area contributed by atoms with Crippen molar-refractivity contribution in [1.29, 1.82) is 0 Å². The fourth-order valence-corrected chi connectivity index (χ4v) is 17.9. The summed E-state index contributed by atoms with van der Waals surface area (Å²) < 4.78 is 11.0. The van der Waals surface area contributed by atoms with Crippen LogP contribution in [-0.4, -0.2) is 266 Å². The fraction of sp³-hybridized carbons (Fsp3) is 0. The first-order valence-electron chi connectivity index (χ1n) is 38.3. The fourth-order valence-electron chi connectivity index (χ4n) is 17.9. The molecule has 0 amide bonds. The summed E-state index contributed by atoms with van der Waals surface area (Å²) >= 11 is 0. The number of fused-ring (bicyclic) bond motifs is 13. The summed E-state index contributed by atoms with van der Waals surface area (Å²) in [6.07, 6.45) is 0. The Bertz CT molecular complexity index is 9090. The number of benzene rings is 17. The summed E-state index contributed by atoms with van der Waals surface area (Å²) in [5.41, 5.74) is -21.4. The van der Waals surface area contributed by atoms with E-state index < -0.39 is 485 Å². The molecule has 0 unspecified atom stereocenters. The molecule has 142 heavy (non-hydrogen) atoms. The van der Waals surface area contributed by atoms with E-state index in [1.807, 2.05) is 0 Å². The highest BCUT2D eigenvalue weighted by molar-refractivity contribution is 6.37. The molecule has 19 rings (SSSR count). The zero-order chi connectivity index (χ0) is 104. The smallest absolute Gasteiger partial charge is 0.208 e. The number of hydrogen-bond acceptors (Lipinski definition) is 54. The van der Waals surface area contributed by atoms with Gasteiger partial charge >= 0.3 is 0 Å². The van der Waals surface area contributed by atoms with Gasteiger partial charge in [-0.25, -0.2) is 0 Å². The number of furan rings is 2. The second kappa shape index (κ2) is 28.6. The quantitative estimate of drug-likeness (QED) is 0.0418. The van der Waals surface area contributed by atoms with Crippen LogP contribution in [0.25, 0.3) is 186 Å². The van der Waals surface area contributed by atoms with Gasteiger partial charge in [-0.1, -0.05) is 0 Å². The van der Waals surface area contributed by atoms with E-state index in [-0.39, 0.29) is 0 Å². The van der Waals surface area contributed by atoms with Gasteiger partial charge in [0.2, 0.25) is 103 Å². The third kappa shape index (κ3) is 10.6. The SMILES string of the molecule is Oc1cc2c(O)c3oc4c(O)c(O)c(-c5c6c(O)c(O)c(O)c(O)c6c(-c6c(O)c(O)c(-c7c(O)c(O)c(-c8c(O)c(O)c(O)c(O)c8O)c(O)c7O)c(O)c6O)c6c(O)c(O)c(O)c(O)c56)c(O)c4c3c(O)c2c(O)c1O.Oc1cc2c(O)c3oc4c(O)c(O)c(-c5c6c(O)c(O)c(O)c(O)c6c(-c6c(O)c(O)c(O)c7c(O)c(O)c(O)c(O)c67)c6c(O)c(O)c(O)c(O)c56)c(O)c4c3c(O)c2c(O)c1O. The van der Waals surface area contributed by atoms with E-state index >= 15 is 0 Å². The summed E-state index contributed by atoms with van der Waals surface area (Å²) in [6.45, 7) is 0. The molecule has 0 fully saturated rings. The molecule has 52 N–H and O–H groups in total. The van der Waals surface area contributed by atoms with Crippen LogP contribution < -0.4 is 0 Å². The van der Waals surface area contributed by atoms with Crippen LogP contribution in [0.3, 0.4) is 0 Å². The van der Waals surface area contributed by atoms with E-state index in [9.17, 15) is 266 Å². The molecule has 54 heteroatoms. The molecule has 19 aromatic rings. The molecule has 54 nitrogen and oxygen atoms in total. The van der Waals surface area contributed by atoms with Crippen molar-refractivity contribution in [1.82, 2.24) is 0 Å². The molecular formula is C88H54O54. The summed E-state index contributed by atoms with van der Waals surface area (Å²) in [7, 11) is 0. The van der Waals surface area contributed by atoms with Crippen molar-refractivity contribution in [3.8, 4) is 366 Å². The summed E-state index contributed by atoms with van der Waals surface area (Å²) in [5, 5.41) is 559. The molecule has 0 saturated carbocycles. The van der Waals surface area contributed by atoms with Crippen LogP contribution in [0.5, 0.6) is 299 Å². The Hall–Kier alpha value is -22.2. The molecule has 0 aliphatic carbocycles. The van der Waals surface area contributed by atoms with Gasteiger partial charge in [0, 0.05) is 87.1 Å². The topological polar surface area (TPSA) is 1080 Å². The van der Waals surface area contributed by atoms with Gasteiger partial charge in [-0.3, -0.25) is 0 Å². The van der Waals surface area contributed by atoms with Gasteiger partial charge in [0.05, 0.1) is 76.6 Å². The molecule has 0 bridgehead atoms. The van der Waals surface area contributed by atoms with Gasteiger partial charge in [-0.2, -0.15) is 0 Å². The summed E-state index contributed by atoms with van der Waals surface area (Å²) in [6, 6.07) is 1.27. The Balaban J connectivity index is 0.000000191. The normalized spacial score (nSPS) is 11.9. The van der Waals surface area contributed by atoms with E-state index in [0.717, 1.165) is 0 Å². The largest absolute Gasteiger partial charge is 0.506 e. The number of rotatable bonds is 6. The first-order valence-corrected chi connectivity index (χ1v) is 38.3. The third-order valence-corrected chi connectivity index (χ3v) is 24.3. The summed E-state index contributed by atoms with van der Waals surface area (Å²) in [5.74, 6) is -83.6. The van der Waals surface area contributed by atoms with E-state index in [4.69, 9.17) is 8.83 Å². The minimum absolute atomic E-state index is 0.613. The predicted molar refractivity (Wildman–Crippen MR) is 469 cm³/mol. The van der Waals surface area contributed by atoms with E-state index in [1.54, 1.807) is 0 Å². The van der Waals surface area contributed by atoms with Crippen molar-refractivity contribution >= 4 is 119 Å². The van der Waals surface area contributed by atoms with Gasteiger partial charge in [0.15, 0.2) is 195 Å². The molecule has 0 spiro atoms. The van der Waals surface area contributed by atoms with Crippen molar-refractivity contribution < 1.29 is 274 Å². The highest BCUT2D eigenvalue weighted by Gasteiger charge is 2.46. The lowest BCUT2D eigenvalue weighted by molar-refractivity contribution is 0.329. The monoisotopic (exact) mass is 1970 g/mol. The molecule has 0 saturated heterocycles. The van der Waals surface area contributed by atoms with Gasteiger partial charge in [0.1, 0.15) is 23.0 Å². The number of hydrogen-bond donors (Lipinski definition) is 52. The van der Waals surface area contributed by atoms with Gasteiger partial charge in [-0.05, 0) is 12.1 Å². The number of aromatic hydroxyl groups is 52. The lowest BCUT2D eigenvalue weighted by Gasteiger charge is -2.25. The maximum atomic E-state index is 12.3. The second-order valence-electron chi connectivity index (χ2n) is 31.3. The second-order valence-corrected chi connectivity index (χ2v) is 31.3. The Labute approximate surface area is 768 Å². The van der Waals surface area contributed by atoms with Crippen molar-refractivity contribution in [2.75, 3.05) is 0 Å². The van der Waals surface area contributed by atoms with Crippen LogP contribution >= 0.6 is 0 Å². The minimum atomic E-state index is -1.96. The van der Waals surface area contributed by atoms with E-state index in [2.05, 4.69) is 0 Å². The van der Waals surface area contributed by atoms with Crippen LogP contribution in [0.2, 0.25) is 0 Å². The lowest BCUT2D eigenvalue weighted by atomic mass is 9.81. The van der Waals surface area contributed by atoms with Gasteiger partial charge in [-0.15, -0.1) is 0 Å². The van der Waals surface area contributed by atoms with Crippen LogP contribution in [0, 0.1) is 0 Å². The molecule has 2 heterocycles. The molecule has 17 aromatic carbocycles. The molecule has 0 atom stereocenters. The maximum absolute atomic E-state index is 12.3. The highest BCUT2D eigenvalue weighted by Crippen LogP contribution is 2.75. The molecule has 0 aliphatic heterocycles. The Morgan fingerprint density at radius 1 is 0.0915 bits per heavy atom. The molecule has 730 valence electrons. The van der Waals surface area contributed by atoms with Crippen molar-refractivity contribution in [3.05, 3.63) is 12.1 Å². The maximum Gasteiger partial charge on any atom is 0.208 e. The van der Waals surface area contributed by atoms with Crippen LogP contribution in [0.15, 0.2) is 21.0 Å². The van der Waals surface area contributed by atoms with Gasteiger partial charge < -0.3 is 274 Å². The van der Waals surface area contributed by atoms with Crippen molar-refractivity contribution in [2.45, 2.75) is 0 Å². The first kappa shape index (κ1) is 90.3. The zero-order valence-electron chi connectivity index (χ0n) is 68.2. The standard InChI is InChI=1S/C48H30O30.C40H24O24/c49-3-1-2-4(23(54)20(3)51)21(52)17-18-22(53)11(38(69)46(77)48(18)78-47(17)19(2)50)5-7-9(26(57)41(72)39(70)24(7)55)6(10-8(5)25(56)40(71)42(73)27(10)58)12-28(59)30(61)13(31(62)29(12)60)14-32(63)34(65)15(35(66)33(14)64)16-36(67)43(74)45(76)44(75)37(16)68;41-3-1-2-4(21(46)18(3)43)19(44)15-16-20(45)13(30(55)38(63)40(16)64-39(15)17(2)42)6-10-7(23(48)32(57)34(59)25(10)50)5(8-11(6)26(51)35(60)33(58)24(8)49)9-12-14(28(53)31(56)22(9)47)29(54)37(62)36(61)27(12)52/h1,49-77H;1,41-63H. The van der Waals surface area contributed by atoms with Crippen LogP contribution in [0.1, 0.15) is 0 Å². The molecule has 2 aromatic heterocycles. The molecular weight excluding hydrogens is 1920 g/mol. The van der Waals surface area contributed by atoms with Gasteiger partial charge in [0.25, 0.3) is 0 Å². The van der Waals surface area contributed by atoms with Crippen LogP contribution in [-0.2, 0) is 0 Å². The Morgan fingerprint density at radius 3 is 0.472 bits per heavy atom. The van der Waals surface area contributed by atoms with Crippen molar-refractivity contribution in [3.63, 3.8) is 0 Å². The Morgan fingerprint density at radius 2 is 0.232 bits per heavy atom. The van der Waals surface area contributed by atoms with E-state index in [0.29, 0.717) is 12.1 Å². The molecule has 0 radical (unpaired) electrons. The number of phenols is 52. The highest BCUT2D eigenvalue weighted by atomic mass is 16.4. The molecule has 0 aliphatic rings. The minimum Gasteiger partial charge on any atom is -0.506 e. The average Bonchev–Trinajstić information content (AvgIpc) is 0.994. The average molecular weight is 1980 g/mol. The van der Waals surface area contributed by atoms with Crippen molar-refractivity contribution in [2.24, 2.45) is 0 Å².